The van der Waals surface area contributed by atoms with E-state index in [9.17, 15) is 4.79 Å². The van der Waals surface area contributed by atoms with Gasteiger partial charge in [-0.15, -0.1) is 0 Å². The van der Waals surface area contributed by atoms with Crippen molar-refractivity contribution in [1.29, 1.82) is 0 Å². The van der Waals surface area contributed by atoms with E-state index in [-0.39, 0.29) is 5.91 Å². The highest BCUT2D eigenvalue weighted by atomic mass is 16.5. The lowest BCUT2D eigenvalue weighted by molar-refractivity contribution is 0.0946. The average molecular weight is 311 g/mol. The highest BCUT2D eigenvalue weighted by Crippen LogP contribution is 2.16. The number of hydrogen-bond donors (Lipinski definition) is 1. The van der Waals surface area contributed by atoms with Crippen molar-refractivity contribution in [1.82, 2.24) is 10.3 Å². The van der Waals surface area contributed by atoms with E-state index in [0.717, 1.165) is 37.6 Å². The lowest BCUT2D eigenvalue weighted by Crippen LogP contribution is -2.36. The van der Waals surface area contributed by atoms with Crippen LogP contribution in [-0.4, -0.2) is 37.2 Å². The molecule has 0 aliphatic carbocycles. The Kier molecular flexibility index (Phi) is 4.88. The van der Waals surface area contributed by atoms with Gasteiger partial charge in [-0.25, -0.2) is 0 Å². The second kappa shape index (κ2) is 7.24. The summed E-state index contributed by atoms with van der Waals surface area (Å²) in [5.74, 6) is -0.152. The zero-order valence-electron chi connectivity index (χ0n) is 13.3. The minimum absolute atomic E-state index is 0.152. The maximum atomic E-state index is 12.3. The SMILES string of the molecule is Cc1ccc(CNC(=O)c2cc(N3CCOCC3)ccn2)cc1. The van der Waals surface area contributed by atoms with Crippen LogP contribution in [0.3, 0.4) is 0 Å². The Balaban J connectivity index is 1.63. The van der Waals surface area contributed by atoms with E-state index in [0.29, 0.717) is 12.2 Å². The van der Waals surface area contributed by atoms with Gasteiger partial charge in [0.05, 0.1) is 13.2 Å². The molecule has 1 amide bonds. The molecule has 3 rings (SSSR count). The van der Waals surface area contributed by atoms with Crippen LogP contribution in [0.15, 0.2) is 42.6 Å². The molecule has 5 heteroatoms. The molecule has 1 N–H and O–H groups in total. The maximum absolute atomic E-state index is 12.3. The Morgan fingerprint density at radius 2 is 1.96 bits per heavy atom. The number of pyridine rings is 1. The molecule has 0 unspecified atom stereocenters. The number of ether oxygens (including phenoxy) is 1. The number of nitrogens with one attached hydrogen (secondary N) is 1. The third kappa shape index (κ3) is 4.07. The van der Waals surface area contributed by atoms with E-state index >= 15 is 0 Å². The van der Waals surface area contributed by atoms with Gasteiger partial charge in [0.25, 0.3) is 5.91 Å². The number of morpholine rings is 1. The summed E-state index contributed by atoms with van der Waals surface area (Å²) in [6.45, 7) is 5.67. The van der Waals surface area contributed by atoms with Gasteiger partial charge in [0.2, 0.25) is 0 Å². The minimum atomic E-state index is -0.152. The van der Waals surface area contributed by atoms with Gasteiger partial charge in [0.1, 0.15) is 5.69 Å². The van der Waals surface area contributed by atoms with Crippen LogP contribution in [0.4, 0.5) is 5.69 Å². The summed E-state index contributed by atoms with van der Waals surface area (Å²) in [6, 6.07) is 11.9. The summed E-state index contributed by atoms with van der Waals surface area (Å²) >= 11 is 0. The first kappa shape index (κ1) is 15.5. The standard InChI is InChI=1S/C18H21N3O2/c1-14-2-4-15(5-3-14)13-20-18(22)17-12-16(6-7-19-17)21-8-10-23-11-9-21/h2-7,12H,8-11,13H2,1H3,(H,20,22). The molecule has 0 radical (unpaired) electrons. The molecule has 1 aliphatic rings. The first-order chi connectivity index (χ1) is 11.2. The lowest BCUT2D eigenvalue weighted by atomic mass is 10.1. The van der Waals surface area contributed by atoms with Crippen molar-refractivity contribution in [2.24, 2.45) is 0 Å². The molecule has 1 aromatic carbocycles. The van der Waals surface area contributed by atoms with Crippen molar-refractivity contribution in [2.75, 3.05) is 31.2 Å². The summed E-state index contributed by atoms with van der Waals surface area (Å²) in [4.78, 5) is 18.7. The molecule has 0 spiro atoms. The number of rotatable bonds is 4. The normalized spacial score (nSPS) is 14.6. The fourth-order valence-corrected chi connectivity index (χ4v) is 2.54. The van der Waals surface area contributed by atoms with Crippen molar-refractivity contribution in [2.45, 2.75) is 13.5 Å². The minimum Gasteiger partial charge on any atom is -0.378 e. The molecule has 1 aromatic heterocycles. The summed E-state index contributed by atoms with van der Waals surface area (Å²) in [5.41, 5.74) is 3.75. The van der Waals surface area contributed by atoms with Crippen molar-refractivity contribution in [3.8, 4) is 0 Å². The first-order valence-electron chi connectivity index (χ1n) is 7.85. The topological polar surface area (TPSA) is 54.5 Å². The number of hydrogen-bond acceptors (Lipinski definition) is 4. The number of anilines is 1. The predicted molar refractivity (Wildman–Crippen MR) is 89.6 cm³/mol. The number of carbonyl (C=O) groups excluding carboxylic acids is 1. The third-order valence-corrected chi connectivity index (χ3v) is 3.93. The maximum Gasteiger partial charge on any atom is 0.270 e. The van der Waals surface area contributed by atoms with Crippen molar-refractivity contribution >= 4 is 11.6 Å². The molecule has 5 nitrogen and oxygen atoms in total. The fraction of sp³-hybridized carbons (Fsp3) is 0.333. The largest absolute Gasteiger partial charge is 0.378 e. The van der Waals surface area contributed by atoms with Gasteiger partial charge >= 0.3 is 0 Å². The zero-order valence-corrected chi connectivity index (χ0v) is 13.3. The highest BCUT2D eigenvalue weighted by molar-refractivity contribution is 5.93. The van der Waals surface area contributed by atoms with Crippen LogP contribution in [0, 0.1) is 6.92 Å². The quantitative estimate of drug-likeness (QED) is 0.940. The number of aryl methyl sites for hydroxylation is 1. The van der Waals surface area contributed by atoms with E-state index in [1.54, 1.807) is 6.20 Å². The van der Waals surface area contributed by atoms with Crippen LogP contribution in [0.5, 0.6) is 0 Å². The van der Waals surface area contributed by atoms with Crippen LogP contribution in [0.2, 0.25) is 0 Å². The summed E-state index contributed by atoms with van der Waals surface area (Å²) in [7, 11) is 0. The van der Waals surface area contributed by atoms with E-state index in [2.05, 4.69) is 15.2 Å². The Bertz CT molecular complexity index is 664. The molecule has 1 saturated heterocycles. The average Bonchev–Trinajstić information content (AvgIpc) is 2.62. The van der Waals surface area contributed by atoms with Crippen molar-refractivity contribution < 1.29 is 9.53 Å². The molecule has 0 atom stereocenters. The second-order valence-electron chi connectivity index (χ2n) is 5.67. The molecule has 1 fully saturated rings. The smallest absolute Gasteiger partial charge is 0.270 e. The van der Waals surface area contributed by atoms with Gasteiger partial charge in [0.15, 0.2) is 0 Å². The Morgan fingerprint density at radius 1 is 1.22 bits per heavy atom. The molecule has 2 heterocycles. The zero-order chi connectivity index (χ0) is 16.1. The van der Waals surface area contributed by atoms with Crippen LogP contribution in [-0.2, 0) is 11.3 Å². The predicted octanol–water partition coefficient (Wildman–Crippen LogP) is 2.16. The molecular weight excluding hydrogens is 290 g/mol. The van der Waals surface area contributed by atoms with E-state index < -0.39 is 0 Å². The van der Waals surface area contributed by atoms with Gasteiger partial charge in [0, 0.05) is 31.5 Å². The first-order valence-corrected chi connectivity index (χ1v) is 7.85. The Hall–Kier alpha value is -2.40. The van der Waals surface area contributed by atoms with Gasteiger partial charge in [-0.2, -0.15) is 0 Å². The summed E-state index contributed by atoms with van der Waals surface area (Å²) in [5, 5.41) is 2.92. The fourth-order valence-electron chi connectivity index (χ4n) is 2.54. The van der Waals surface area contributed by atoms with Crippen LogP contribution < -0.4 is 10.2 Å². The Morgan fingerprint density at radius 3 is 2.70 bits per heavy atom. The molecular formula is C18H21N3O2. The van der Waals surface area contributed by atoms with E-state index in [4.69, 9.17) is 4.74 Å². The van der Waals surface area contributed by atoms with Gasteiger partial charge in [-0.1, -0.05) is 29.8 Å². The van der Waals surface area contributed by atoms with Crippen molar-refractivity contribution in [3.05, 3.63) is 59.4 Å². The third-order valence-electron chi connectivity index (χ3n) is 3.93. The molecule has 1 aliphatic heterocycles. The van der Waals surface area contributed by atoms with Crippen LogP contribution in [0.25, 0.3) is 0 Å². The van der Waals surface area contributed by atoms with E-state index in [1.807, 2.05) is 43.3 Å². The number of carbonyl (C=O) groups is 1. The highest BCUT2D eigenvalue weighted by Gasteiger charge is 2.14. The monoisotopic (exact) mass is 311 g/mol. The van der Waals surface area contributed by atoms with Crippen LogP contribution in [0.1, 0.15) is 21.6 Å². The van der Waals surface area contributed by atoms with Gasteiger partial charge < -0.3 is 15.0 Å². The number of aromatic nitrogens is 1. The van der Waals surface area contributed by atoms with Gasteiger partial charge in [-0.3, -0.25) is 9.78 Å². The number of amides is 1. The number of nitrogens with zero attached hydrogens (tertiary/aromatic N) is 2. The molecule has 23 heavy (non-hydrogen) atoms. The molecule has 2 aromatic rings. The molecule has 0 bridgehead atoms. The Labute approximate surface area is 136 Å². The van der Waals surface area contributed by atoms with Crippen LogP contribution >= 0.6 is 0 Å². The second-order valence-corrected chi connectivity index (χ2v) is 5.67. The lowest BCUT2D eigenvalue weighted by Gasteiger charge is -2.28. The number of benzene rings is 1. The summed E-state index contributed by atoms with van der Waals surface area (Å²) in [6.07, 6.45) is 1.69. The molecule has 0 saturated carbocycles. The van der Waals surface area contributed by atoms with Crippen molar-refractivity contribution in [3.63, 3.8) is 0 Å². The molecule has 120 valence electrons. The summed E-state index contributed by atoms with van der Waals surface area (Å²) < 4.78 is 5.36. The van der Waals surface area contributed by atoms with E-state index in [1.165, 1.54) is 5.56 Å². The van der Waals surface area contributed by atoms with Gasteiger partial charge in [-0.05, 0) is 24.6 Å².